The zero-order chi connectivity index (χ0) is 19.7. The predicted octanol–water partition coefficient (Wildman–Crippen LogP) is 4.47. The van der Waals surface area contributed by atoms with Crippen molar-refractivity contribution in [3.05, 3.63) is 86.8 Å². The molecule has 0 atom stereocenters. The highest BCUT2D eigenvalue weighted by Gasteiger charge is 2.14. The van der Waals surface area contributed by atoms with E-state index in [0.29, 0.717) is 33.4 Å². The molecule has 0 radical (unpaired) electrons. The van der Waals surface area contributed by atoms with Crippen molar-refractivity contribution in [1.82, 2.24) is 19.7 Å². The molecular weight excluding hydrogens is 378 g/mol. The van der Waals surface area contributed by atoms with Crippen molar-refractivity contribution in [1.29, 1.82) is 0 Å². The molecule has 0 aliphatic rings. The molecule has 0 fully saturated rings. The number of nitrogens with zero attached hydrogens (tertiary/aromatic N) is 4. The number of aryl methyl sites for hydroxylation is 1. The number of pyridine rings is 2. The minimum Gasteiger partial charge on any atom is -0.453 e. The summed E-state index contributed by atoms with van der Waals surface area (Å²) in [6.45, 7) is 9.20. The molecule has 1 aromatic carbocycles. The number of hydrogen-bond donors (Lipinski definition) is 1. The molecule has 0 unspecified atom stereocenters. The van der Waals surface area contributed by atoms with Gasteiger partial charge in [0.15, 0.2) is 17.1 Å². The number of nitrogens with one attached hydrogen (secondary N) is 1. The fraction of sp³-hybridized carbons (Fsp3) is 0.100. The number of halogens is 1. The predicted molar refractivity (Wildman–Crippen MR) is 106 cm³/mol. The van der Waals surface area contributed by atoms with Crippen molar-refractivity contribution in [2.45, 2.75) is 13.5 Å². The fourth-order valence-corrected chi connectivity index (χ4v) is 3.09. The van der Waals surface area contributed by atoms with Crippen LogP contribution in [0.15, 0.2) is 53.6 Å². The molecule has 4 aromatic rings. The maximum Gasteiger partial charge on any atom is 0.294 e. The largest absolute Gasteiger partial charge is 0.453 e. The van der Waals surface area contributed by atoms with Crippen LogP contribution in [-0.4, -0.2) is 19.7 Å². The molecule has 8 heteroatoms. The van der Waals surface area contributed by atoms with Gasteiger partial charge in [0.2, 0.25) is 0 Å². The maximum atomic E-state index is 13.0. The van der Waals surface area contributed by atoms with Crippen LogP contribution in [0, 0.1) is 13.5 Å². The van der Waals surface area contributed by atoms with Gasteiger partial charge in [0, 0.05) is 22.8 Å². The second-order valence-electron chi connectivity index (χ2n) is 6.19. The standard InChI is InChI=1S/C20H14ClN5O2/c1-12-5-7-26(11-17-16-4-3-6-23-19(16)25-24-17)20(27)18(12)28-15-9-13(21)8-14(10-15)22-2/h3-10H,11H2,1H3,(H,23,24,25). The number of aromatic nitrogens is 4. The van der Waals surface area contributed by atoms with Gasteiger partial charge >= 0.3 is 0 Å². The molecule has 0 aliphatic carbocycles. The molecule has 138 valence electrons. The summed E-state index contributed by atoms with van der Waals surface area (Å²) in [5.74, 6) is 0.518. The van der Waals surface area contributed by atoms with E-state index in [4.69, 9.17) is 22.9 Å². The Morgan fingerprint density at radius 1 is 1.32 bits per heavy atom. The number of ether oxygens (including phenoxy) is 1. The van der Waals surface area contributed by atoms with Crippen molar-refractivity contribution >= 4 is 28.3 Å². The van der Waals surface area contributed by atoms with E-state index in [1.54, 1.807) is 37.5 Å². The summed E-state index contributed by atoms with van der Waals surface area (Å²) < 4.78 is 7.33. The third-order valence-electron chi connectivity index (χ3n) is 4.26. The minimum atomic E-state index is -0.302. The van der Waals surface area contributed by atoms with Crippen LogP contribution < -0.4 is 10.3 Å². The van der Waals surface area contributed by atoms with Crippen LogP contribution in [0.2, 0.25) is 5.02 Å². The van der Waals surface area contributed by atoms with Gasteiger partial charge in [-0.3, -0.25) is 9.89 Å². The Morgan fingerprint density at radius 3 is 3.00 bits per heavy atom. The lowest BCUT2D eigenvalue weighted by Crippen LogP contribution is -2.22. The van der Waals surface area contributed by atoms with Gasteiger partial charge < -0.3 is 9.30 Å². The van der Waals surface area contributed by atoms with Crippen LogP contribution in [-0.2, 0) is 6.54 Å². The van der Waals surface area contributed by atoms with E-state index >= 15 is 0 Å². The molecule has 0 spiro atoms. The zero-order valence-corrected chi connectivity index (χ0v) is 15.6. The van der Waals surface area contributed by atoms with Crippen LogP contribution in [0.25, 0.3) is 15.9 Å². The van der Waals surface area contributed by atoms with E-state index in [-0.39, 0.29) is 17.9 Å². The van der Waals surface area contributed by atoms with Crippen LogP contribution in [0.1, 0.15) is 11.3 Å². The average molecular weight is 392 g/mol. The lowest BCUT2D eigenvalue weighted by Gasteiger charge is -2.12. The van der Waals surface area contributed by atoms with Gasteiger partial charge in [-0.15, -0.1) is 0 Å². The van der Waals surface area contributed by atoms with Gasteiger partial charge in [0.05, 0.1) is 18.8 Å². The summed E-state index contributed by atoms with van der Waals surface area (Å²) >= 11 is 6.03. The Balaban J connectivity index is 1.71. The normalized spacial score (nSPS) is 10.8. The number of H-pyrrole nitrogens is 1. The highest BCUT2D eigenvalue weighted by molar-refractivity contribution is 6.31. The van der Waals surface area contributed by atoms with Crippen LogP contribution in [0.5, 0.6) is 11.5 Å². The number of aromatic amines is 1. The zero-order valence-electron chi connectivity index (χ0n) is 14.8. The van der Waals surface area contributed by atoms with Gasteiger partial charge in [-0.1, -0.05) is 11.6 Å². The third-order valence-corrected chi connectivity index (χ3v) is 4.48. The fourth-order valence-electron chi connectivity index (χ4n) is 2.87. The Labute approximate surface area is 165 Å². The number of benzene rings is 1. The number of rotatable bonds is 4. The molecule has 28 heavy (non-hydrogen) atoms. The smallest absolute Gasteiger partial charge is 0.294 e. The summed E-state index contributed by atoms with van der Waals surface area (Å²) in [5.41, 5.74) is 2.09. The molecule has 7 nitrogen and oxygen atoms in total. The van der Waals surface area contributed by atoms with Gasteiger partial charge in [0.1, 0.15) is 5.75 Å². The van der Waals surface area contributed by atoms with Crippen LogP contribution in [0.3, 0.4) is 0 Å². The maximum absolute atomic E-state index is 13.0. The van der Waals surface area contributed by atoms with Gasteiger partial charge in [-0.25, -0.2) is 9.83 Å². The first-order valence-electron chi connectivity index (χ1n) is 8.39. The summed E-state index contributed by atoms with van der Waals surface area (Å²) in [6, 6.07) is 10.2. The highest BCUT2D eigenvalue weighted by Crippen LogP contribution is 2.30. The average Bonchev–Trinajstić information content (AvgIpc) is 3.10. The Kier molecular flexibility index (Phi) is 4.55. The van der Waals surface area contributed by atoms with Crippen molar-refractivity contribution < 1.29 is 4.74 Å². The summed E-state index contributed by atoms with van der Waals surface area (Å²) in [7, 11) is 0. The van der Waals surface area contributed by atoms with Crippen molar-refractivity contribution in [2.24, 2.45) is 0 Å². The summed E-state index contributed by atoms with van der Waals surface area (Å²) in [6.07, 6.45) is 3.38. The van der Waals surface area contributed by atoms with E-state index in [2.05, 4.69) is 20.0 Å². The molecule has 3 aromatic heterocycles. The quantitative estimate of drug-likeness (QED) is 0.520. The molecule has 0 bridgehead atoms. The molecule has 0 amide bonds. The Hall–Kier alpha value is -3.63. The van der Waals surface area contributed by atoms with Crippen molar-refractivity contribution in [3.63, 3.8) is 0 Å². The lowest BCUT2D eigenvalue weighted by molar-refractivity contribution is 0.464. The molecular formula is C20H14ClN5O2. The molecule has 0 aliphatic heterocycles. The van der Waals surface area contributed by atoms with Crippen LogP contribution >= 0.6 is 11.6 Å². The van der Waals surface area contributed by atoms with E-state index in [0.717, 1.165) is 5.39 Å². The topological polar surface area (TPSA) is 77.2 Å². The molecule has 4 rings (SSSR count). The number of hydrogen-bond acceptors (Lipinski definition) is 4. The number of fused-ring (bicyclic) bond motifs is 1. The Bertz CT molecular complexity index is 1290. The van der Waals surface area contributed by atoms with Gasteiger partial charge in [-0.2, -0.15) is 5.10 Å². The molecule has 0 saturated heterocycles. The first-order valence-corrected chi connectivity index (χ1v) is 8.77. The monoisotopic (exact) mass is 391 g/mol. The van der Waals surface area contributed by atoms with E-state index in [9.17, 15) is 4.79 Å². The minimum absolute atomic E-state index is 0.179. The highest BCUT2D eigenvalue weighted by atomic mass is 35.5. The van der Waals surface area contributed by atoms with Crippen molar-refractivity contribution in [2.75, 3.05) is 0 Å². The van der Waals surface area contributed by atoms with Gasteiger partial charge in [-0.05, 0) is 48.9 Å². The second-order valence-corrected chi connectivity index (χ2v) is 6.63. The van der Waals surface area contributed by atoms with Crippen molar-refractivity contribution in [3.8, 4) is 11.5 Å². The van der Waals surface area contributed by atoms with Crippen LogP contribution in [0.4, 0.5) is 5.69 Å². The third kappa shape index (κ3) is 3.33. The first kappa shape index (κ1) is 17.8. The summed E-state index contributed by atoms with van der Waals surface area (Å²) in [4.78, 5) is 20.6. The summed E-state index contributed by atoms with van der Waals surface area (Å²) in [5, 5.41) is 8.35. The first-order chi connectivity index (χ1) is 13.5. The lowest BCUT2D eigenvalue weighted by atomic mass is 10.2. The molecule has 1 N–H and O–H groups in total. The van der Waals surface area contributed by atoms with E-state index < -0.39 is 0 Å². The molecule has 3 heterocycles. The SMILES string of the molecule is [C-]#[N+]c1cc(Cl)cc(Oc2c(C)ccn(Cc3n[nH]c4ncccc34)c2=O)c1. The van der Waals surface area contributed by atoms with E-state index in [1.807, 2.05) is 12.1 Å². The van der Waals surface area contributed by atoms with E-state index in [1.165, 1.54) is 10.6 Å². The Morgan fingerprint density at radius 2 is 2.18 bits per heavy atom. The molecule has 0 saturated carbocycles. The second kappa shape index (κ2) is 7.18. The van der Waals surface area contributed by atoms with Gasteiger partial charge in [0.25, 0.3) is 5.56 Å².